The van der Waals surface area contributed by atoms with Gasteiger partial charge < -0.3 is 10.4 Å². The fourth-order valence-electron chi connectivity index (χ4n) is 2.21. The second-order valence-corrected chi connectivity index (χ2v) is 3.79. The van der Waals surface area contributed by atoms with E-state index in [4.69, 9.17) is 5.11 Å². The summed E-state index contributed by atoms with van der Waals surface area (Å²) in [5, 5.41) is 12.5. The van der Waals surface area contributed by atoms with Crippen molar-refractivity contribution in [1.82, 2.24) is 5.32 Å². The van der Waals surface area contributed by atoms with Gasteiger partial charge in [-0.3, -0.25) is 0 Å². The van der Waals surface area contributed by atoms with Gasteiger partial charge in [0, 0.05) is 12.1 Å². The quantitative estimate of drug-likeness (QED) is 0.635. The number of aliphatic hydroxyl groups is 1. The molecule has 1 fully saturated rings. The summed E-state index contributed by atoms with van der Waals surface area (Å²) in [6, 6.07) is 0. The summed E-state index contributed by atoms with van der Waals surface area (Å²) in [6.07, 6.45) is 4.76. The van der Waals surface area contributed by atoms with Crippen LogP contribution in [0.2, 0.25) is 0 Å². The first-order chi connectivity index (χ1) is 5.79. The van der Waals surface area contributed by atoms with Crippen LogP contribution in [0.1, 0.15) is 39.5 Å². The smallest absolute Gasteiger partial charge is 0.0448 e. The Morgan fingerprint density at radius 1 is 1.42 bits per heavy atom. The third kappa shape index (κ3) is 1.99. The maximum Gasteiger partial charge on any atom is 0.0448 e. The van der Waals surface area contributed by atoms with E-state index in [2.05, 4.69) is 19.2 Å². The normalized spacial score (nSPS) is 22.2. The van der Waals surface area contributed by atoms with E-state index >= 15 is 0 Å². The number of rotatable bonds is 6. The average molecular weight is 171 g/mol. The Morgan fingerprint density at radius 3 is 2.42 bits per heavy atom. The Labute approximate surface area is 75.4 Å². The first-order valence-corrected chi connectivity index (χ1v) is 5.15. The molecule has 0 heterocycles. The van der Waals surface area contributed by atoms with Gasteiger partial charge in [-0.1, -0.05) is 13.8 Å². The minimum absolute atomic E-state index is 0.253. The van der Waals surface area contributed by atoms with Crippen LogP contribution in [0, 0.1) is 5.92 Å². The molecule has 1 aliphatic carbocycles. The zero-order valence-electron chi connectivity index (χ0n) is 8.27. The van der Waals surface area contributed by atoms with Gasteiger partial charge in [0.15, 0.2) is 0 Å². The molecule has 1 atom stereocenters. The molecule has 1 saturated carbocycles. The van der Waals surface area contributed by atoms with Gasteiger partial charge in [0.2, 0.25) is 0 Å². The summed E-state index contributed by atoms with van der Waals surface area (Å²) in [6.45, 7) is 5.70. The second kappa shape index (κ2) is 4.24. The molecule has 1 unspecified atom stereocenters. The van der Waals surface area contributed by atoms with Crippen LogP contribution >= 0.6 is 0 Å². The molecule has 0 amide bonds. The van der Waals surface area contributed by atoms with Crippen molar-refractivity contribution in [1.29, 1.82) is 0 Å². The van der Waals surface area contributed by atoms with E-state index in [1.807, 2.05) is 0 Å². The summed E-state index contributed by atoms with van der Waals surface area (Å²) in [5.41, 5.74) is 0.253. The van der Waals surface area contributed by atoms with E-state index < -0.39 is 0 Å². The molecule has 0 aliphatic heterocycles. The molecule has 0 saturated heterocycles. The predicted octanol–water partition coefficient (Wildman–Crippen LogP) is 1.54. The predicted molar refractivity (Wildman–Crippen MR) is 51.1 cm³/mol. The van der Waals surface area contributed by atoms with Gasteiger partial charge in [0.25, 0.3) is 0 Å². The van der Waals surface area contributed by atoms with Crippen molar-refractivity contribution in [2.24, 2.45) is 5.92 Å². The monoisotopic (exact) mass is 171 g/mol. The van der Waals surface area contributed by atoms with Crippen LogP contribution in [-0.2, 0) is 0 Å². The van der Waals surface area contributed by atoms with Gasteiger partial charge in [0.05, 0.1) is 0 Å². The van der Waals surface area contributed by atoms with E-state index in [-0.39, 0.29) is 5.54 Å². The van der Waals surface area contributed by atoms with Crippen molar-refractivity contribution in [3.63, 3.8) is 0 Å². The summed E-state index contributed by atoms with van der Waals surface area (Å²) >= 11 is 0. The zero-order valence-corrected chi connectivity index (χ0v) is 8.27. The summed E-state index contributed by atoms with van der Waals surface area (Å²) in [5.74, 6) is 0.828. The third-order valence-electron chi connectivity index (χ3n) is 3.08. The van der Waals surface area contributed by atoms with Crippen molar-refractivity contribution >= 4 is 0 Å². The molecular weight excluding hydrogens is 150 g/mol. The topological polar surface area (TPSA) is 32.3 Å². The Bertz CT molecular complexity index is 126. The summed E-state index contributed by atoms with van der Waals surface area (Å²) in [4.78, 5) is 0. The molecule has 0 radical (unpaired) electrons. The minimum atomic E-state index is 0.253. The molecule has 0 aromatic carbocycles. The first-order valence-electron chi connectivity index (χ1n) is 5.15. The van der Waals surface area contributed by atoms with E-state index in [9.17, 15) is 0 Å². The highest BCUT2D eigenvalue weighted by atomic mass is 16.3. The average Bonchev–Trinajstić information content (AvgIpc) is 2.86. The SMILES string of the molecule is CCNC(CC)(CCO)C1CC1. The van der Waals surface area contributed by atoms with E-state index in [1.54, 1.807) is 0 Å². The Kier molecular flexibility index (Phi) is 3.53. The third-order valence-corrected chi connectivity index (χ3v) is 3.08. The summed E-state index contributed by atoms with van der Waals surface area (Å²) in [7, 11) is 0. The highest BCUT2D eigenvalue weighted by Crippen LogP contribution is 2.43. The second-order valence-electron chi connectivity index (χ2n) is 3.79. The fourth-order valence-corrected chi connectivity index (χ4v) is 2.21. The fraction of sp³-hybridized carbons (Fsp3) is 1.00. The van der Waals surface area contributed by atoms with Crippen molar-refractivity contribution in [2.45, 2.75) is 45.1 Å². The van der Waals surface area contributed by atoms with E-state index in [1.165, 1.54) is 12.8 Å². The van der Waals surface area contributed by atoms with E-state index in [0.717, 1.165) is 25.3 Å². The van der Waals surface area contributed by atoms with Crippen LogP contribution in [0.4, 0.5) is 0 Å². The number of hydrogen-bond donors (Lipinski definition) is 2. The molecular formula is C10H21NO. The van der Waals surface area contributed by atoms with Crippen LogP contribution in [0.15, 0.2) is 0 Å². The van der Waals surface area contributed by atoms with Crippen molar-refractivity contribution in [2.75, 3.05) is 13.2 Å². The molecule has 2 N–H and O–H groups in total. The van der Waals surface area contributed by atoms with Crippen LogP contribution in [-0.4, -0.2) is 23.8 Å². The number of hydrogen-bond acceptors (Lipinski definition) is 2. The zero-order chi connectivity index (χ0) is 9.03. The van der Waals surface area contributed by atoms with Gasteiger partial charge in [0.1, 0.15) is 0 Å². The van der Waals surface area contributed by atoms with E-state index in [0.29, 0.717) is 6.61 Å². The largest absolute Gasteiger partial charge is 0.396 e. The van der Waals surface area contributed by atoms with Crippen molar-refractivity contribution in [3.05, 3.63) is 0 Å². The first kappa shape index (κ1) is 10.0. The maximum absolute atomic E-state index is 9.00. The number of aliphatic hydroxyl groups excluding tert-OH is 1. The Hall–Kier alpha value is -0.0800. The number of nitrogens with one attached hydrogen (secondary N) is 1. The lowest BCUT2D eigenvalue weighted by atomic mass is 9.87. The maximum atomic E-state index is 9.00. The van der Waals surface area contributed by atoms with Gasteiger partial charge in [-0.2, -0.15) is 0 Å². The summed E-state index contributed by atoms with van der Waals surface area (Å²) < 4.78 is 0. The van der Waals surface area contributed by atoms with Gasteiger partial charge in [-0.25, -0.2) is 0 Å². The van der Waals surface area contributed by atoms with Crippen LogP contribution < -0.4 is 5.32 Å². The van der Waals surface area contributed by atoms with Crippen LogP contribution in [0.25, 0.3) is 0 Å². The molecule has 0 bridgehead atoms. The molecule has 0 aromatic heterocycles. The highest BCUT2D eigenvalue weighted by molar-refractivity contribution is 4.99. The molecule has 0 aromatic rings. The minimum Gasteiger partial charge on any atom is -0.396 e. The van der Waals surface area contributed by atoms with Gasteiger partial charge in [-0.05, 0) is 38.1 Å². The lowest BCUT2D eigenvalue weighted by Crippen LogP contribution is -2.47. The molecule has 72 valence electrons. The standard InChI is InChI=1S/C10H21NO/c1-3-10(7-8-12,11-4-2)9-5-6-9/h9,11-12H,3-8H2,1-2H3. The molecule has 2 nitrogen and oxygen atoms in total. The van der Waals surface area contributed by atoms with Gasteiger partial charge in [-0.15, -0.1) is 0 Å². The molecule has 12 heavy (non-hydrogen) atoms. The lowest BCUT2D eigenvalue weighted by molar-refractivity contribution is 0.185. The molecule has 0 spiro atoms. The molecule has 1 aliphatic rings. The van der Waals surface area contributed by atoms with Crippen molar-refractivity contribution < 1.29 is 5.11 Å². The Balaban J connectivity index is 2.51. The van der Waals surface area contributed by atoms with Crippen molar-refractivity contribution in [3.8, 4) is 0 Å². The van der Waals surface area contributed by atoms with Gasteiger partial charge >= 0.3 is 0 Å². The lowest BCUT2D eigenvalue weighted by Gasteiger charge is -2.33. The Morgan fingerprint density at radius 2 is 2.08 bits per heavy atom. The van der Waals surface area contributed by atoms with Crippen LogP contribution in [0.5, 0.6) is 0 Å². The van der Waals surface area contributed by atoms with Crippen LogP contribution in [0.3, 0.4) is 0 Å². The molecule has 2 heteroatoms. The highest BCUT2D eigenvalue weighted by Gasteiger charge is 2.42. The molecule has 1 rings (SSSR count).